The van der Waals surface area contributed by atoms with E-state index in [0.29, 0.717) is 54.2 Å². The lowest BCUT2D eigenvalue weighted by Gasteiger charge is -2.40. The second kappa shape index (κ2) is 8.37. The maximum atomic E-state index is 14.8. The number of benzene rings is 2. The number of anilines is 1. The summed E-state index contributed by atoms with van der Waals surface area (Å²) in [5.41, 5.74) is 1.31. The molecule has 4 aromatic rings. The van der Waals surface area contributed by atoms with Crippen LogP contribution in [-0.4, -0.2) is 50.5 Å². The number of nitrogens with one attached hydrogen (secondary N) is 1. The van der Waals surface area contributed by atoms with Gasteiger partial charge in [-0.05, 0) is 29.8 Å². The number of hydrogen-bond donors (Lipinski definition) is 2. The summed E-state index contributed by atoms with van der Waals surface area (Å²) >= 11 is 0. The van der Waals surface area contributed by atoms with Crippen LogP contribution in [0.2, 0.25) is 0 Å². The summed E-state index contributed by atoms with van der Waals surface area (Å²) in [6.07, 6.45) is 4.76. The molecule has 3 heterocycles. The van der Waals surface area contributed by atoms with Crippen molar-refractivity contribution < 1.29 is 9.28 Å². The minimum Gasteiger partial charge on any atom is -0.375 e. The summed E-state index contributed by atoms with van der Waals surface area (Å²) < 4.78 is 14.8. The van der Waals surface area contributed by atoms with Crippen LogP contribution in [0.15, 0.2) is 65.7 Å². The largest absolute Gasteiger partial charge is 0.375 e. The summed E-state index contributed by atoms with van der Waals surface area (Å²) in [7, 11) is -2.65. The Morgan fingerprint density at radius 2 is 1.75 bits per heavy atom. The third kappa shape index (κ3) is 3.87. The number of aromatic nitrogens is 4. The van der Waals surface area contributed by atoms with Crippen LogP contribution in [0.5, 0.6) is 0 Å². The first-order valence-electron chi connectivity index (χ1n) is 10.4. The molecule has 0 amide bonds. The molecule has 0 spiro atoms. The van der Waals surface area contributed by atoms with Crippen LogP contribution in [0.3, 0.4) is 0 Å². The number of rotatable bonds is 4. The van der Waals surface area contributed by atoms with Gasteiger partial charge in [-0.3, -0.25) is 4.79 Å². The zero-order chi connectivity index (χ0) is 22.1. The molecule has 0 atom stereocenters. The molecule has 0 saturated carbocycles. The van der Waals surface area contributed by atoms with Crippen LogP contribution in [0, 0.1) is 5.82 Å². The van der Waals surface area contributed by atoms with Gasteiger partial charge >= 0.3 is 0 Å². The van der Waals surface area contributed by atoms with Crippen molar-refractivity contribution in [1.82, 2.24) is 20.2 Å². The van der Waals surface area contributed by atoms with E-state index in [1.54, 1.807) is 36.7 Å². The van der Waals surface area contributed by atoms with Gasteiger partial charge in [0.05, 0.1) is 11.1 Å². The Hall–Kier alpha value is -3.22. The number of nitrogens with zero attached hydrogens (tertiary/aromatic N) is 4. The molecule has 1 saturated heterocycles. The smallest absolute Gasteiger partial charge is 0.272 e. The Morgan fingerprint density at radius 1 is 1.03 bits per heavy atom. The maximum Gasteiger partial charge on any atom is 0.272 e. The molecule has 0 aliphatic carbocycles. The van der Waals surface area contributed by atoms with Gasteiger partial charge in [0.1, 0.15) is 5.82 Å². The van der Waals surface area contributed by atoms with E-state index in [4.69, 9.17) is 0 Å². The van der Waals surface area contributed by atoms with E-state index in [-0.39, 0.29) is 11.4 Å². The van der Waals surface area contributed by atoms with Gasteiger partial charge in [0.2, 0.25) is 5.95 Å². The van der Waals surface area contributed by atoms with E-state index in [2.05, 4.69) is 20.2 Å². The maximum absolute atomic E-state index is 14.8. The van der Waals surface area contributed by atoms with Crippen LogP contribution in [-0.2, 0) is 6.42 Å². The van der Waals surface area contributed by atoms with Gasteiger partial charge in [0.25, 0.3) is 5.56 Å². The first-order chi connectivity index (χ1) is 15.5. The molecule has 5 rings (SSSR count). The third-order valence-electron chi connectivity index (χ3n) is 5.92. The Labute approximate surface area is 184 Å². The fourth-order valence-electron chi connectivity index (χ4n) is 4.18. The second-order valence-electron chi connectivity index (χ2n) is 7.91. The normalized spacial score (nSPS) is 15.8. The predicted molar refractivity (Wildman–Crippen MR) is 124 cm³/mol. The average molecular weight is 450 g/mol. The lowest BCUT2D eigenvalue weighted by molar-refractivity contribution is 0.585. The molecular formula is C23H22FN5O2P. The number of halogens is 1. The fraction of sp³-hybridized carbons (Fsp3) is 0.217. The molecule has 7 nitrogen and oxygen atoms in total. The van der Waals surface area contributed by atoms with E-state index in [1.807, 2.05) is 23.1 Å². The number of H-pyrrole nitrogens is 1. The van der Waals surface area contributed by atoms with Crippen molar-refractivity contribution in [2.75, 3.05) is 30.3 Å². The van der Waals surface area contributed by atoms with Crippen molar-refractivity contribution in [3.8, 4) is 0 Å². The molecule has 1 aliphatic rings. The Balaban J connectivity index is 1.41. The first kappa shape index (κ1) is 20.7. The highest BCUT2D eigenvalue weighted by molar-refractivity contribution is 7.77. The molecule has 2 aromatic carbocycles. The minimum absolute atomic E-state index is 0.237. The highest BCUT2D eigenvalue weighted by Crippen LogP contribution is 2.55. The summed E-state index contributed by atoms with van der Waals surface area (Å²) in [5.74, 6) is 0.247. The summed E-state index contributed by atoms with van der Waals surface area (Å²) in [6, 6.07) is 13.9. The van der Waals surface area contributed by atoms with Crippen molar-refractivity contribution in [2.45, 2.75) is 6.42 Å². The van der Waals surface area contributed by atoms with Gasteiger partial charge < -0.3 is 9.79 Å². The van der Waals surface area contributed by atoms with Crippen molar-refractivity contribution in [2.24, 2.45) is 0 Å². The van der Waals surface area contributed by atoms with Gasteiger partial charge in [0, 0.05) is 62.4 Å². The van der Waals surface area contributed by atoms with Gasteiger partial charge in [-0.15, -0.1) is 0 Å². The Morgan fingerprint density at radius 3 is 2.50 bits per heavy atom. The molecule has 0 unspecified atom stereocenters. The molecule has 1 fully saturated rings. The average Bonchev–Trinajstić information content (AvgIpc) is 2.83. The van der Waals surface area contributed by atoms with E-state index in [9.17, 15) is 14.1 Å². The lowest BCUT2D eigenvalue weighted by atomic mass is 10.0. The van der Waals surface area contributed by atoms with Crippen molar-refractivity contribution in [3.63, 3.8) is 0 Å². The molecule has 163 valence electrons. The monoisotopic (exact) mass is 450 g/mol. The zero-order valence-electron chi connectivity index (χ0n) is 17.3. The SMILES string of the molecule is O=c1[nH]nc(Cc2ccc(F)c([P]3(O)CCN(c4ncccn4)CC3)c2)c2ccccc12. The molecule has 1 aliphatic heterocycles. The lowest BCUT2D eigenvalue weighted by Crippen LogP contribution is -2.40. The topological polar surface area (TPSA) is 95.0 Å². The van der Waals surface area contributed by atoms with Gasteiger partial charge in [0.15, 0.2) is 0 Å². The Kier molecular flexibility index (Phi) is 5.41. The minimum atomic E-state index is -2.65. The molecule has 9 heteroatoms. The highest BCUT2D eigenvalue weighted by atomic mass is 31.2. The molecular weight excluding hydrogens is 428 g/mol. The predicted octanol–water partition coefficient (Wildman–Crippen LogP) is 2.51. The van der Waals surface area contributed by atoms with Gasteiger partial charge in [-0.2, -0.15) is 5.10 Å². The fourth-order valence-corrected chi connectivity index (χ4v) is 6.91. The third-order valence-corrected chi connectivity index (χ3v) is 9.04. The quantitative estimate of drug-likeness (QED) is 0.464. The van der Waals surface area contributed by atoms with Gasteiger partial charge in [-0.1, -0.05) is 24.3 Å². The Bertz CT molecular complexity index is 1320. The molecule has 2 N–H and O–H groups in total. The molecule has 0 bridgehead atoms. The molecule has 2 aromatic heterocycles. The summed E-state index contributed by atoms with van der Waals surface area (Å²) in [4.78, 5) is 34.0. The first-order valence-corrected chi connectivity index (χ1v) is 12.5. The number of fused-ring (bicyclic) bond motifs is 1. The second-order valence-corrected chi connectivity index (χ2v) is 11.1. The summed E-state index contributed by atoms with van der Waals surface area (Å²) in [6.45, 7) is 1.15. The number of aromatic amines is 1. The van der Waals surface area contributed by atoms with Crippen molar-refractivity contribution in [1.29, 1.82) is 0 Å². The van der Waals surface area contributed by atoms with Crippen LogP contribution in [0.1, 0.15) is 11.3 Å². The number of hydrogen-bond acceptors (Lipinski definition) is 6. The molecule has 1 radical (unpaired) electrons. The summed E-state index contributed by atoms with van der Waals surface area (Å²) in [5, 5.41) is 8.50. The van der Waals surface area contributed by atoms with Crippen LogP contribution in [0.4, 0.5) is 10.3 Å². The highest BCUT2D eigenvalue weighted by Gasteiger charge is 2.35. The van der Waals surface area contributed by atoms with E-state index >= 15 is 0 Å². The standard InChI is InChI=1S/C23H22FN5O2P/c24-19-7-6-16(14-20-17-4-1-2-5-18(17)22(30)28-27-20)15-21(19)32(31)12-10-29(11-13-32)23-25-8-3-9-26-23/h1-9,15,31H,10-14H2,(H,28,30). The molecule has 32 heavy (non-hydrogen) atoms. The van der Waals surface area contributed by atoms with E-state index in [0.717, 1.165) is 10.9 Å². The zero-order valence-corrected chi connectivity index (χ0v) is 18.2. The van der Waals surface area contributed by atoms with Gasteiger partial charge in [-0.25, -0.2) is 19.5 Å². The van der Waals surface area contributed by atoms with Crippen LogP contribution in [0.25, 0.3) is 10.8 Å². The van der Waals surface area contributed by atoms with Crippen LogP contribution >= 0.6 is 7.49 Å². The van der Waals surface area contributed by atoms with Crippen molar-refractivity contribution in [3.05, 3.63) is 88.4 Å². The van der Waals surface area contributed by atoms with E-state index < -0.39 is 7.49 Å². The van der Waals surface area contributed by atoms with E-state index in [1.165, 1.54) is 6.07 Å². The van der Waals surface area contributed by atoms with Crippen LogP contribution < -0.4 is 15.8 Å². The van der Waals surface area contributed by atoms with Crippen molar-refractivity contribution >= 4 is 29.5 Å².